The molecule has 1 unspecified atom stereocenters. The van der Waals surface area contributed by atoms with Gasteiger partial charge in [-0.05, 0) is 31.9 Å². The van der Waals surface area contributed by atoms with E-state index in [1.54, 1.807) is 6.26 Å². The van der Waals surface area contributed by atoms with E-state index >= 15 is 0 Å². The second-order valence-corrected chi connectivity index (χ2v) is 5.86. The first-order valence-corrected chi connectivity index (χ1v) is 7.54. The average Bonchev–Trinajstić information content (AvgIpc) is 3.17. The SMILES string of the molecule is CC(CNCc1ccco1)N1CCN(C2CC2)CC1. The standard InChI is InChI=1S/C15H25N3O/c1-13(11-16-12-15-3-2-10-19-15)17-6-8-18(9-7-17)14-4-5-14/h2-3,10,13-14,16H,4-9,11-12H2,1H3. The molecule has 2 fully saturated rings. The van der Waals surface area contributed by atoms with Crippen molar-refractivity contribution in [1.82, 2.24) is 15.1 Å². The molecule has 1 aromatic rings. The van der Waals surface area contributed by atoms with Gasteiger partial charge in [-0.25, -0.2) is 0 Å². The lowest BCUT2D eigenvalue weighted by molar-refractivity contribution is 0.0966. The first kappa shape index (κ1) is 13.2. The highest BCUT2D eigenvalue weighted by Crippen LogP contribution is 2.27. The van der Waals surface area contributed by atoms with Crippen LogP contribution in [0.2, 0.25) is 0 Å². The van der Waals surface area contributed by atoms with Crippen LogP contribution in [0.3, 0.4) is 0 Å². The van der Waals surface area contributed by atoms with Gasteiger partial charge in [0.15, 0.2) is 0 Å². The van der Waals surface area contributed by atoms with Gasteiger partial charge in [-0.3, -0.25) is 9.80 Å². The molecule has 19 heavy (non-hydrogen) atoms. The topological polar surface area (TPSA) is 31.7 Å². The van der Waals surface area contributed by atoms with Crippen molar-refractivity contribution in [3.63, 3.8) is 0 Å². The number of piperazine rings is 1. The minimum Gasteiger partial charge on any atom is -0.468 e. The summed E-state index contributed by atoms with van der Waals surface area (Å²) in [5.74, 6) is 1.02. The maximum atomic E-state index is 5.33. The summed E-state index contributed by atoms with van der Waals surface area (Å²) in [5, 5.41) is 3.48. The van der Waals surface area contributed by atoms with Gasteiger partial charge in [-0.1, -0.05) is 0 Å². The van der Waals surface area contributed by atoms with Gasteiger partial charge in [0.05, 0.1) is 12.8 Å². The molecule has 1 saturated heterocycles. The van der Waals surface area contributed by atoms with E-state index in [2.05, 4.69) is 22.0 Å². The molecule has 1 aliphatic heterocycles. The van der Waals surface area contributed by atoms with E-state index in [9.17, 15) is 0 Å². The normalized spacial score (nSPS) is 23.6. The van der Waals surface area contributed by atoms with Crippen molar-refractivity contribution in [2.24, 2.45) is 0 Å². The summed E-state index contributed by atoms with van der Waals surface area (Å²) in [4.78, 5) is 5.27. The largest absolute Gasteiger partial charge is 0.468 e. The first-order valence-electron chi connectivity index (χ1n) is 7.54. The molecular weight excluding hydrogens is 238 g/mol. The predicted molar refractivity (Wildman–Crippen MR) is 76.0 cm³/mol. The number of hydrogen-bond acceptors (Lipinski definition) is 4. The van der Waals surface area contributed by atoms with E-state index in [1.165, 1.54) is 39.0 Å². The summed E-state index contributed by atoms with van der Waals surface area (Å²) in [6.45, 7) is 9.14. The zero-order valence-corrected chi connectivity index (χ0v) is 11.8. The van der Waals surface area contributed by atoms with E-state index in [-0.39, 0.29) is 0 Å². The van der Waals surface area contributed by atoms with Crippen molar-refractivity contribution in [3.05, 3.63) is 24.2 Å². The highest BCUT2D eigenvalue weighted by Gasteiger charge is 2.31. The van der Waals surface area contributed by atoms with Crippen LogP contribution in [0.15, 0.2) is 22.8 Å². The highest BCUT2D eigenvalue weighted by molar-refractivity contribution is 4.97. The minimum atomic E-state index is 0.608. The second-order valence-electron chi connectivity index (χ2n) is 5.86. The van der Waals surface area contributed by atoms with Crippen molar-refractivity contribution in [3.8, 4) is 0 Å². The maximum absolute atomic E-state index is 5.33. The van der Waals surface area contributed by atoms with Gasteiger partial charge >= 0.3 is 0 Å². The lowest BCUT2D eigenvalue weighted by Gasteiger charge is -2.38. The molecule has 1 aromatic heterocycles. The number of rotatable bonds is 6. The maximum Gasteiger partial charge on any atom is 0.117 e. The fraction of sp³-hybridized carbons (Fsp3) is 0.733. The summed E-state index contributed by atoms with van der Waals surface area (Å²) in [6, 6.07) is 5.50. The van der Waals surface area contributed by atoms with Crippen LogP contribution in [0.1, 0.15) is 25.5 Å². The fourth-order valence-corrected chi connectivity index (χ4v) is 2.93. The monoisotopic (exact) mass is 263 g/mol. The van der Waals surface area contributed by atoms with E-state index in [0.717, 1.165) is 24.9 Å². The molecule has 3 rings (SSSR count). The third-order valence-corrected chi connectivity index (χ3v) is 4.35. The molecule has 0 radical (unpaired) electrons. The summed E-state index contributed by atoms with van der Waals surface area (Å²) in [5.41, 5.74) is 0. The van der Waals surface area contributed by atoms with Crippen LogP contribution in [0.5, 0.6) is 0 Å². The van der Waals surface area contributed by atoms with Crippen LogP contribution in [0, 0.1) is 0 Å². The first-order chi connectivity index (χ1) is 9.33. The molecule has 0 bridgehead atoms. The van der Waals surface area contributed by atoms with Crippen molar-refractivity contribution >= 4 is 0 Å². The van der Waals surface area contributed by atoms with Crippen LogP contribution in [-0.2, 0) is 6.54 Å². The summed E-state index contributed by atoms with van der Waals surface area (Å²) >= 11 is 0. The van der Waals surface area contributed by atoms with E-state index in [0.29, 0.717) is 6.04 Å². The van der Waals surface area contributed by atoms with Gasteiger partial charge in [0, 0.05) is 44.8 Å². The molecule has 1 saturated carbocycles. The minimum absolute atomic E-state index is 0.608. The molecule has 0 aromatic carbocycles. The molecular formula is C15H25N3O. The molecule has 0 spiro atoms. The Balaban J connectivity index is 1.35. The lowest BCUT2D eigenvalue weighted by Crippen LogP contribution is -2.52. The fourth-order valence-electron chi connectivity index (χ4n) is 2.93. The Morgan fingerprint density at radius 3 is 2.74 bits per heavy atom. The number of hydrogen-bond donors (Lipinski definition) is 1. The van der Waals surface area contributed by atoms with E-state index in [1.807, 2.05) is 12.1 Å². The van der Waals surface area contributed by atoms with Gasteiger partial charge in [0.1, 0.15) is 5.76 Å². The molecule has 1 N–H and O–H groups in total. The Morgan fingerprint density at radius 1 is 1.32 bits per heavy atom. The van der Waals surface area contributed by atoms with Crippen molar-refractivity contribution < 1.29 is 4.42 Å². The van der Waals surface area contributed by atoms with Crippen LogP contribution in [0.25, 0.3) is 0 Å². The van der Waals surface area contributed by atoms with Gasteiger partial charge in [0.2, 0.25) is 0 Å². The van der Waals surface area contributed by atoms with E-state index < -0.39 is 0 Å². The number of nitrogens with one attached hydrogen (secondary N) is 1. The summed E-state index contributed by atoms with van der Waals surface area (Å²) in [6.07, 6.45) is 4.60. The van der Waals surface area contributed by atoms with Crippen molar-refractivity contribution in [2.45, 2.75) is 38.4 Å². The van der Waals surface area contributed by atoms with Crippen molar-refractivity contribution in [1.29, 1.82) is 0 Å². The molecule has 106 valence electrons. The Morgan fingerprint density at radius 2 is 2.11 bits per heavy atom. The smallest absolute Gasteiger partial charge is 0.117 e. The summed E-state index contributed by atoms with van der Waals surface area (Å²) in [7, 11) is 0. The molecule has 2 heterocycles. The Hall–Kier alpha value is -0.840. The Kier molecular flexibility index (Phi) is 4.21. The predicted octanol–water partition coefficient (Wildman–Crippen LogP) is 1.54. The third kappa shape index (κ3) is 3.59. The second kappa shape index (κ2) is 6.07. The van der Waals surface area contributed by atoms with Gasteiger partial charge in [0.25, 0.3) is 0 Å². The van der Waals surface area contributed by atoms with Gasteiger partial charge in [-0.2, -0.15) is 0 Å². The van der Waals surface area contributed by atoms with Crippen LogP contribution < -0.4 is 5.32 Å². The van der Waals surface area contributed by atoms with Crippen molar-refractivity contribution in [2.75, 3.05) is 32.7 Å². The molecule has 4 heteroatoms. The third-order valence-electron chi connectivity index (χ3n) is 4.35. The highest BCUT2D eigenvalue weighted by atomic mass is 16.3. The molecule has 1 aliphatic carbocycles. The summed E-state index contributed by atoms with van der Waals surface area (Å²) < 4.78 is 5.33. The number of nitrogens with zero attached hydrogens (tertiary/aromatic N) is 2. The number of furan rings is 1. The van der Waals surface area contributed by atoms with Gasteiger partial charge in [-0.15, -0.1) is 0 Å². The van der Waals surface area contributed by atoms with E-state index in [4.69, 9.17) is 4.42 Å². The molecule has 1 atom stereocenters. The Bertz CT molecular complexity index is 367. The van der Waals surface area contributed by atoms with Gasteiger partial charge < -0.3 is 9.73 Å². The Labute approximate surface area is 115 Å². The average molecular weight is 263 g/mol. The zero-order valence-electron chi connectivity index (χ0n) is 11.8. The quantitative estimate of drug-likeness (QED) is 0.843. The van der Waals surface area contributed by atoms with Crippen LogP contribution >= 0.6 is 0 Å². The lowest BCUT2D eigenvalue weighted by atomic mass is 10.2. The molecule has 0 amide bonds. The molecule has 4 nitrogen and oxygen atoms in total. The zero-order chi connectivity index (χ0) is 13.1. The molecule has 2 aliphatic rings. The van der Waals surface area contributed by atoms with Crippen LogP contribution in [0.4, 0.5) is 0 Å². The van der Waals surface area contributed by atoms with Crippen LogP contribution in [-0.4, -0.2) is 54.6 Å².